The molecule has 1 aromatic rings. The molecule has 2 N–H and O–H groups in total. The van der Waals surface area contributed by atoms with Crippen molar-refractivity contribution in [3.8, 4) is 0 Å². The van der Waals surface area contributed by atoms with E-state index in [4.69, 9.17) is 4.74 Å². The monoisotopic (exact) mass is 475 g/mol. The van der Waals surface area contributed by atoms with Crippen molar-refractivity contribution in [3.05, 3.63) is 20.8 Å². The first-order valence-electron chi connectivity index (χ1n) is 6.51. The van der Waals surface area contributed by atoms with Gasteiger partial charge in [0.15, 0.2) is 5.96 Å². The lowest BCUT2D eigenvalue weighted by molar-refractivity contribution is 0.143. The highest BCUT2D eigenvalue weighted by atomic mass is 127. The van der Waals surface area contributed by atoms with Crippen LogP contribution in [0.15, 0.2) is 20.9 Å². The zero-order valence-electron chi connectivity index (χ0n) is 11.9. The lowest BCUT2D eigenvalue weighted by Gasteiger charge is -2.11. The van der Waals surface area contributed by atoms with Crippen LogP contribution in [-0.4, -0.2) is 32.8 Å². The van der Waals surface area contributed by atoms with Crippen molar-refractivity contribution in [1.82, 2.24) is 10.6 Å². The quantitative estimate of drug-likeness (QED) is 0.261. The van der Waals surface area contributed by atoms with Gasteiger partial charge < -0.3 is 15.4 Å². The molecule has 0 unspecified atom stereocenters. The molecule has 0 radical (unpaired) electrons. The van der Waals surface area contributed by atoms with Gasteiger partial charge in [-0.25, -0.2) is 0 Å². The predicted octanol–water partition coefficient (Wildman–Crippen LogP) is 3.61. The van der Waals surface area contributed by atoms with E-state index >= 15 is 0 Å². The van der Waals surface area contributed by atoms with E-state index in [0.29, 0.717) is 0 Å². The second kappa shape index (κ2) is 12.8. The fraction of sp³-hybridized carbons (Fsp3) is 0.615. The number of ether oxygens (including phenoxy) is 1. The topological polar surface area (TPSA) is 45.6 Å². The summed E-state index contributed by atoms with van der Waals surface area (Å²) in [6.45, 7) is 5.38. The van der Waals surface area contributed by atoms with Gasteiger partial charge in [0.05, 0.1) is 6.54 Å². The molecular weight excluding hydrogens is 453 g/mol. The number of hydrogen-bond acceptors (Lipinski definition) is 3. The number of thiophene rings is 1. The largest absolute Gasteiger partial charge is 0.382 e. The summed E-state index contributed by atoms with van der Waals surface area (Å²) in [5.74, 6) is 0.848. The fourth-order valence-electron chi connectivity index (χ4n) is 1.52. The van der Waals surface area contributed by atoms with Crippen LogP contribution in [-0.2, 0) is 11.3 Å². The summed E-state index contributed by atoms with van der Waals surface area (Å²) < 4.78 is 6.43. The molecule has 0 atom stereocenters. The van der Waals surface area contributed by atoms with E-state index in [-0.39, 0.29) is 24.0 Å². The van der Waals surface area contributed by atoms with Gasteiger partial charge in [-0.05, 0) is 41.8 Å². The van der Waals surface area contributed by atoms with E-state index < -0.39 is 0 Å². The molecule has 0 aromatic carbocycles. The summed E-state index contributed by atoms with van der Waals surface area (Å²) in [7, 11) is 1.79. The number of aliphatic imine (C=N–C) groups is 1. The van der Waals surface area contributed by atoms with Gasteiger partial charge in [0.1, 0.15) is 0 Å². The summed E-state index contributed by atoms with van der Waals surface area (Å²) in [6.07, 6.45) is 2.17. The third kappa shape index (κ3) is 9.15. The molecule has 1 heterocycles. The summed E-state index contributed by atoms with van der Waals surface area (Å²) in [4.78, 5) is 5.48. The number of hydrogen-bond donors (Lipinski definition) is 2. The Morgan fingerprint density at radius 3 is 2.80 bits per heavy atom. The minimum absolute atomic E-state index is 0. The first-order valence-corrected chi connectivity index (χ1v) is 8.18. The number of guanidine groups is 1. The van der Waals surface area contributed by atoms with Crippen LogP contribution in [0.5, 0.6) is 0 Å². The smallest absolute Gasteiger partial charge is 0.191 e. The van der Waals surface area contributed by atoms with Crippen LogP contribution in [0, 0.1) is 0 Å². The highest BCUT2D eigenvalue weighted by molar-refractivity contribution is 14.0. The SMILES string of the molecule is CCOCCCCNC(=NC)NCc1cc(Br)cs1.I. The Kier molecular flexibility index (Phi) is 12.9. The van der Waals surface area contributed by atoms with Crippen molar-refractivity contribution < 1.29 is 4.74 Å². The van der Waals surface area contributed by atoms with Crippen LogP contribution >= 0.6 is 51.2 Å². The number of halogens is 2. The molecule has 1 aromatic heterocycles. The van der Waals surface area contributed by atoms with Crippen molar-refractivity contribution in [1.29, 1.82) is 0 Å². The third-order valence-electron chi connectivity index (χ3n) is 2.49. The summed E-state index contributed by atoms with van der Waals surface area (Å²) in [6, 6.07) is 2.12. The second-order valence-corrected chi connectivity index (χ2v) is 5.90. The van der Waals surface area contributed by atoms with Crippen LogP contribution in [0.3, 0.4) is 0 Å². The van der Waals surface area contributed by atoms with Crippen molar-refractivity contribution in [2.75, 3.05) is 26.8 Å². The Hall–Kier alpha value is 0.140. The van der Waals surface area contributed by atoms with Gasteiger partial charge >= 0.3 is 0 Å². The molecule has 0 fully saturated rings. The van der Waals surface area contributed by atoms with E-state index in [9.17, 15) is 0 Å². The van der Waals surface area contributed by atoms with E-state index in [2.05, 4.69) is 43.0 Å². The third-order valence-corrected chi connectivity index (χ3v) is 4.19. The van der Waals surface area contributed by atoms with Crippen molar-refractivity contribution in [3.63, 3.8) is 0 Å². The number of nitrogens with one attached hydrogen (secondary N) is 2. The first-order chi connectivity index (χ1) is 9.26. The van der Waals surface area contributed by atoms with Gasteiger partial charge in [-0.15, -0.1) is 35.3 Å². The maximum absolute atomic E-state index is 5.30. The average molecular weight is 476 g/mol. The maximum Gasteiger partial charge on any atom is 0.191 e. The van der Waals surface area contributed by atoms with Crippen LogP contribution in [0.25, 0.3) is 0 Å². The zero-order chi connectivity index (χ0) is 13.9. The molecule has 0 aliphatic heterocycles. The van der Waals surface area contributed by atoms with Gasteiger partial charge in [0.2, 0.25) is 0 Å². The first kappa shape index (κ1) is 20.1. The molecule has 0 spiro atoms. The van der Waals surface area contributed by atoms with Crippen molar-refractivity contribution in [2.24, 2.45) is 4.99 Å². The highest BCUT2D eigenvalue weighted by Crippen LogP contribution is 2.19. The van der Waals surface area contributed by atoms with E-state index in [0.717, 1.165) is 49.6 Å². The van der Waals surface area contributed by atoms with Gasteiger partial charge in [0.25, 0.3) is 0 Å². The Morgan fingerprint density at radius 1 is 1.40 bits per heavy atom. The molecule has 0 aliphatic carbocycles. The molecule has 0 bridgehead atoms. The number of nitrogens with zero attached hydrogens (tertiary/aromatic N) is 1. The maximum atomic E-state index is 5.30. The number of unbranched alkanes of at least 4 members (excludes halogenated alkanes) is 1. The zero-order valence-corrected chi connectivity index (χ0v) is 16.7. The van der Waals surface area contributed by atoms with E-state index in [1.54, 1.807) is 18.4 Å². The molecule has 7 heteroatoms. The lowest BCUT2D eigenvalue weighted by Crippen LogP contribution is -2.37. The Labute approximate surface area is 150 Å². The minimum Gasteiger partial charge on any atom is -0.382 e. The Morgan fingerprint density at radius 2 is 2.20 bits per heavy atom. The molecule has 0 aliphatic rings. The van der Waals surface area contributed by atoms with E-state index in [1.807, 2.05) is 6.92 Å². The van der Waals surface area contributed by atoms with Gasteiger partial charge in [-0.2, -0.15) is 0 Å². The molecular formula is C13H23BrIN3OS. The van der Waals surface area contributed by atoms with Crippen LogP contribution < -0.4 is 10.6 Å². The Balaban J connectivity index is 0.00000361. The predicted molar refractivity (Wildman–Crippen MR) is 101 cm³/mol. The average Bonchev–Trinajstić information content (AvgIpc) is 2.83. The van der Waals surface area contributed by atoms with Crippen LogP contribution in [0.4, 0.5) is 0 Å². The molecule has 0 saturated heterocycles. The minimum atomic E-state index is 0. The molecule has 20 heavy (non-hydrogen) atoms. The molecule has 116 valence electrons. The van der Waals surface area contributed by atoms with E-state index in [1.165, 1.54) is 4.88 Å². The van der Waals surface area contributed by atoms with Crippen molar-refractivity contribution >= 4 is 57.2 Å². The second-order valence-electron chi connectivity index (χ2n) is 3.99. The Bertz CT molecular complexity index is 387. The van der Waals surface area contributed by atoms with Crippen molar-refractivity contribution in [2.45, 2.75) is 26.3 Å². The molecule has 4 nitrogen and oxygen atoms in total. The molecule has 0 saturated carbocycles. The van der Waals surface area contributed by atoms with Gasteiger partial charge in [-0.3, -0.25) is 4.99 Å². The fourth-order valence-corrected chi connectivity index (χ4v) is 2.91. The molecule has 0 amide bonds. The standard InChI is InChI=1S/C13H22BrN3OS.HI/c1-3-18-7-5-4-6-16-13(15-2)17-9-12-8-11(14)10-19-12;/h8,10H,3-7,9H2,1-2H3,(H2,15,16,17);1H. The lowest BCUT2D eigenvalue weighted by atomic mass is 10.3. The number of rotatable bonds is 8. The van der Waals surface area contributed by atoms with Gasteiger partial charge in [0, 0.05) is 41.5 Å². The summed E-state index contributed by atoms with van der Waals surface area (Å²) in [5, 5.41) is 8.68. The van der Waals surface area contributed by atoms with Crippen LogP contribution in [0.2, 0.25) is 0 Å². The summed E-state index contributed by atoms with van der Waals surface area (Å²) in [5.41, 5.74) is 0. The van der Waals surface area contributed by atoms with Gasteiger partial charge in [-0.1, -0.05) is 0 Å². The van der Waals surface area contributed by atoms with Crippen LogP contribution in [0.1, 0.15) is 24.6 Å². The highest BCUT2D eigenvalue weighted by Gasteiger charge is 2.00. The normalized spacial score (nSPS) is 11.1. The molecule has 1 rings (SSSR count). The summed E-state index contributed by atoms with van der Waals surface area (Å²) >= 11 is 5.18.